The Hall–Kier alpha value is -1.80. The van der Waals surface area contributed by atoms with Crippen LogP contribution in [-0.2, 0) is 4.74 Å². The van der Waals surface area contributed by atoms with E-state index in [2.05, 4.69) is 5.32 Å². The zero-order valence-electron chi connectivity index (χ0n) is 9.99. The molecular formula is C10H16N4O3S. The number of ether oxygens (including phenoxy) is 1. The van der Waals surface area contributed by atoms with E-state index in [0.717, 1.165) is 17.8 Å². The monoisotopic (exact) mass is 272 g/mol. The van der Waals surface area contributed by atoms with Gasteiger partial charge >= 0.3 is 0 Å². The predicted molar refractivity (Wildman–Crippen MR) is 70.7 cm³/mol. The minimum atomic E-state index is -0.689. The smallest absolute Gasteiger partial charge is 0.260 e. The molecule has 0 atom stereocenters. The van der Waals surface area contributed by atoms with Crippen LogP contribution in [0.3, 0.4) is 0 Å². The third-order valence-electron chi connectivity index (χ3n) is 2.23. The molecule has 2 amide bonds. The molecule has 0 aliphatic carbocycles. The van der Waals surface area contributed by atoms with Gasteiger partial charge in [-0.05, 0) is 6.42 Å². The van der Waals surface area contributed by atoms with Crippen LogP contribution in [0.5, 0.6) is 0 Å². The topological polar surface area (TPSA) is 133 Å². The summed E-state index contributed by atoms with van der Waals surface area (Å²) in [5, 5.41) is 3.46. The minimum absolute atomic E-state index is 0.0363. The lowest BCUT2D eigenvalue weighted by atomic mass is 10.2. The van der Waals surface area contributed by atoms with Gasteiger partial charge in [-0.1, -0.05) is 0 Å². The summed E-state index contributed by atoms with van der Waals surface area (Å²) in [6.45, 7) is 1.16. The number of thiophene rings is 1. The summed E-state index contributed by atoms with van der Waals surface area (Å²) in [5.74, 6) is -1.37. The molecule has 0 unspecified atom stereocenters. The summed E-state index contributed by atoms with van der Waals surface area (Å²) >= 11 is 1.03. The van der Waals surface area contributed by atoms with Crippen molar-refractivity contribution in [1.82, 2.24) is 0 Å². The van der Waals surface area contributed by atoms with Crippen LogP contribution in [0.25, 0.3) is 0 Å². The van der Waals surface area contributed by atoms with Crippen molar-refractivity contribution in [1.29, 1.82) is 0 Å². The molecule has 100 valence electrons. The van der Waals surface area contributed by atoms with Gasteiger partial charge in [0.05, 0.1) is 11.3 Å². The Morgan fingerprint density at radius 1 is 1.33 bits per heavy atom. The molecule has 7 nitrogen and oxygen atoms in total. The molecule has 1 aromatic rings. The third kappa shape index (κ3) is 3.11. The van der Waals surface area contributed by atoms with Crippen LogP contribution in [0.1, 0.15) is 26.5 Å². The molecule has 0 saturated heterocycles. The number of amides is 2. The van der Waals surface area contributed by atoms with E-state index < -0.39 is 11.8 Å². The summed E-state index contributed by atoms with van der Waals surface area (Å²) in [4.78, 5) is 22.6. The first kappa shape index (κ1) is 14.3. The Balaban J connectivity index is 2.92. The van der Waals surface area contributed by atoms with Gasteiger partial charge in [0.15, 0.2) is 0 Å². The molecule has 1 rings (SSSR count). The number of carbonyl (C=O) groups excluding carboxylic acids is 2. The molecule has 0 aliphatic rings. The molecule has 18 heavy (non-hydrogen) atoms. The number of nitrogen functional groups attached to an aromatic ring is 1. The highest BCUT2D eigenvalue weighted by atomic mass is 32.1. The first-order valence-corrected chi connectivity index (χ1v) is 6.05. The lowest BCUT2D eigenvalue weighted by molar-refractivity contribution is 0.0999. The van der Waals surface area contributed by atoms with E-state index in [-0.39, 0.29) is 16.1 Å². The fraction of sp³-hybridized carbons (Fsp3) is 0.400. The Kier molecular flexibility index (Phi) is 4.93. The molecular weight excluding hydrogens is 256 g/mol. The number of anilines is 2. The van der Waals surface area contributed by atoms with Gasteiger partial charge in [0, 0.05) is 20.3 Å². The standard InChI is InChI=1S/C10H16N4O3S/c1-17-4-2-3-14-10-5(8(12)15)6(11)7(18-10)9(13)16/h14H,2-4,11H2,1H3,(H2,12,15)(H2,13,16). The van der Waals surface area contributed by atoms with Gasteiger partial charge in [-0.15, -0.1) is 11.3 Å². The van der Waals surface area contributed by atoms with Crippen LogP contribution in [0.4, 0.5) is 10.7 Å². The summed E-state index contributed by atoms with van der Waals surface area (Å²) in [6.07, 6.45) is 0.748. The molecule has 1 aromatic heterocycles. The summed E-state index contributed by atoms with van der Waals surface area (Å²) < 4.78 is 4.90. The van der Waals surface area contributed by atoms with Gasteiger partial charge in [-0.2, -0.15) is 0 Å². The van der Waals surface area contributed by atoms with Crippen LogP contribution in [0, 0.1) is 0 Å². The maximum atomic E-state index is 11.3. The van der Waals surface area contributed by atoms with Crippen LogP contribution in [0.15, 0.2) is 0 Å². The molecule has 0 radical (unpaired) electrons. The zero-order valence-corrected chi connectivity index (χ0v) is 10.8. The van der Waals surface area contributed by atoms with E-state index in [4.69, 9.17) is 21.9 Å². The highest BCUT2D eigenvalue weighted by Crippen LogP contribution is 2.35. The maximum absolute atomic E-state index is 11.3. The number of nitrogens with one attached hydrogen (secondary N) is 1. The fourth-order valence-electron chi connectivity index (χ4n) is 1.41. The number of nitrogens with two attached hydrogens (primary N) is 3. The van der Waals surface area contributed by atoms with E-state index in [1.165, 1.54) is 0 Å². The molecule has 8 heteroatoms. The Bertz CT molecular complexity index is 458. The van der Waals surface area contributed by atoms with E-state index in [1.54, 1.807) is 7.11 Å². The van der Waals surface area contributed by atoms with Crippen LogP contribution < -0.4 is 22.5 Å². The molecule has 7 N–H and O–H groups in total. The second-order valence-corrected chi connectivity index (χ2v) is 4.57. The van der Waals surface area contributed by atoms with Crippen molar-refractivity contribution >= 4 is 33.8 Å². The average molecular weight is 272 g/mol. The van der Waals surface area contributed by atoms with Crippen molar-refractivity contribution in [2.75, 3.05) is 31.3 Å². The maximum Gasteiger partial charge on any atom is 0.260 e. The number of carbonyl (C=O) groups is 2. The zero-order chi connectivity index (χ0) is 13.7. The molecule has 0 spiro atoms. The molecule has 0 aromatic carbocycles. The van der Waals surface area contributed by atoms with Gasteiger partial charge in [0.2, 0.25) is 0 Å². The summed E-state index contributed by atoms with van der Waals surface area (Å²) in [6, 6.07) is 0. The first-order valence-electron chi connectivity index (χ1n) is 5.23. The largest absolute Gasteiger partial charge is 0.397 e. The van der Waals surface area contributed by atoms with Crippen molar-refractivity contribution in [2.24, 2.45) is 11.5 Å². The van der Waals surface area contributed by atoms with Crippen LogP contribution in [-0.4, -0.2) is 32.1 Å². The second kappa shape index (κ2) is 6.22. The first-order chi connectivity index (χ1) is 8.49. The number of primary amides is 2. The van der Waals surface area contributed by atoms with Crippen molar-refractivity contribution in [3.05, 3.63) is 10.4 Å². The van der Waals surface area contributed by atoms with Gasteiger partial charge in [-0.25, -0.2) is 0 Å². The lowest BCUT2D eigenvalue weighted by Crippen LogP contribution is -2.16. The van der Waals surface area contributed by atoms with Crippen molar-refractivity contribution in [2.45, 2.75) is 6.42 Å². The third-order valence-corrected chi connectivity index (χ3v) is 3.40. The SMILES string of the molecule is COCCCNc1sc(C(N)=O)c(N)c1C(N)=O. The highest BCUT2D eigenvalue weighted by Gasteiger charge is 2.22. The van der Waals surface area contributed by atoms with E-state index >= 15 is 0 Å². The quantitative estimate of drug-likeness (QED) is 0.517. The molecule has 1 heterocycles. The van der Waals surface area contributed by atoms with Gasteiger partial charge in [-0.3, -0.25) is 9.59 Å². The van der Waals surface area contributed by atoms with Crippen LogP contribution >= 0.6 is 11.3 Å². The molecule has 0 saturated carbocycles. The predicted octanol–water partition coefficient (Wildman–Crippen LogP) is -0.0235. The Morgan fingerprint density at radius 3 is 2.50 bits per heavy atom. The number of hydrogen-bond donors (Lipinski definition) is 4. The fourth-order valence-corrected chi connectivity index (χ4v) is 2.42. The van der Waals surface area contributed by atoms with E-state index in [0.29, 0.717) is 18.2 Å². The molecule has 0 aliphatic heterocycles. The van der Waals surface area contributed by atoms with Gasteiger partial charge in [0.1, 0.15) is 9.88 Å². The molecule has 0 bridgehead atoms. The summed E-state index contributed by atoms with van der Waals surface area (Å²) in [5.41, 5.74) is 16.2. The van der Waals surface area contributed by atoms with E-state index in [1.807, 2.05) is 0 Å². The average Bonchev–Trinajstić information content (AvgIpc) is 2.62. The van der Waals surface area contributed by atoms with Gasteiger partial charge < -0.3 is 27.3 Å². The van der Waals surface area contributed by atoms with Crippen molar-refractivity contribution in [3.63, 3.8) is 0 Å². The Morgan fingerprint density at radius 2 is 2.00 bits per heavy atom. The minimum Gasteiger partial charge on any atom is -0.397 e. The van der Waals surface area contributed by atoms with E-state index in [9.17, 15) is 9.59 Å². The Labute approximate surface area is 108 Å². The number of hydrogen-bond acceptors (Lipinski definition) is 6. The van der Waals surface area contributed by atoms with Gasteiger partial charge in [0.25, 0.3) is 11.8 Å². The molecule has 0 fully saturated rings. The second-order valence-electron chi connectivity index (χ2n) is 3.55. The number of methoxy groups -OCH3 is 1. The van der Waals surface area contributed by atoms with Crippen molar-refractivity contribution in [3.8, 4) is 0 Å². The number of rotatable bonds is 7. The van der Waals surface area contributed by atoms with Crippen LogP contribution in [0.2, 0.25) is 0 Å². The summed E-state index contributed by atoms with van der Waals surface area (Å²) in [7, 11) is 1.60. The van der Waals surface area contributed by atoms with Crippen molar-refractivity contribution < 1.29 is 14.3 Å². The lowest BCUT2D eigenvalue weighted by Gasteiger charge is -2.05. The highest BCUT2D eigenvalue weighted by molar-refractivity contribution is 7.19. The normalized spacial score (nSPS) is 10.3.